The Morgan fingerprint density at radius 1 is 1.24 bits per heavy atom. The highest BCUT2D eigenvalue weighted by atomic mass is 32.2. The monoisotopic (exact) mass is 320 g/mol. The molecule has 0 radical (unpaired) electrons. The molecule has 0 unspecified atom stereocenters. The molecule has 3 aromatic heterocycles. The van der Waals surface area contributed by atoms with Crippen molar-refractivity contribution in [2.24, 2.45) is 0 Å². The van der Waals surface area contributed by atoms with Crippen molar-refractivity contribution < 1.29 is 9.32 Å². The maximum Gasteiger partial charge on any atom is 0.283 e. The molecule has 108 valence electrons. The van der Waals surface area contributed by atoms with Crippen LogP contribution in [0.4, 0.5) is 0 Å². The average Bonchev–Trinajstić information content (AvgIpc) is 3.21. The second-order valence-corrected chi connectivity index (χ2v) is 6.85. The molecule has 3 aromatic rings. The van der Waals surface area contributed by atoms with Crippen LogP contribution in [0.3, 0.4) is 0 Å². The predicted octanol–water partition coefficient (Wildman–Crippen LogP) is 1.40. The molecule has 0 aliphatic carbocycles. The lowest BCUT2D eigenvalue weighted by molar-refractivity contribution is -0.902. The Labute approximate surface area is 129 Å². The Morgan fingerprint density at radius 2 is 2.14 bits per heavy atom. The summed E-state index contributed by atoms with van der Waals surface area (Å²) in [5.41, 5.74) is 0. The minimum atomic E-state index is 0.551. The third-order valence-electron chi connectivity index (χ3n) is 3.57. The maximum absolute atomic E-state index is 5.74. The van der Waals surface area contributed by atoms with E-state index in [0.717, 1.165) is 21.8 Å². The van der Waals surface area contributed by atoms with Gasteiger partial charge < -0.3 is 9.32 Å². The second kappa shape index (κ2) is 5.70. The van der Waals surface area contributed by atoms with E-state index in [1.54, 1.807) is 17.7 Å². The highest BCUT2D eigenvalue weighted by Crippen LogP contribution is 2.31. The second-order valence-electron chi connectivity index (χ2n) is 5.02. The third-order valence-corrected chi connectivity index (χ3v) is 5.25. The predicted molar refractivity (Wildman–Crippen MR) is 79.5 cm³/mol. The molecule has 4 heterocycles. The van der Waals surface area contributed by atoms with Gasteiger partial charge in [0.05, 0.1) is 13.1 Å². The standard InChI is InChI=1S/C13H13N5OS2/c1-2-5-18(4-1)7-10-16-17-13(19-10)21-12-9-3-6-20-11(9)14-8-15-12/h3,6,8H,1-2,4-5,7H2/p+1. The molecular formula is C13H14N5OS2+. The SMILES string of the molecule is c1nc(Sc2nnc(C[NH+]3CCCC3)o2)c2ccsc2n1. The fourth-order valence-electron chi connectivity index (χ4n) is 2.55. The number of hydrogen-bond donors (Lipinski definition) is 1. The zero-order valence-electron chi connectivity index (χ0n) is 11.3. The van der Waals surface area contributed by atoms with E-state index in [2.05, 4.69) is 20.2 Å². The molecule has 6 nitrogen and oxygen atoms in total. The molecule has 1 N–H and O–H groups in total. The number of thiophene rings is 1. The summed E-state index contributed by atoms with van der Waals surface area (Å²) in [6, 6.07) is 2.02. The smallest absolute Gasteiger partial charge is 0.283 e. The fraction of sp³-hybridized carbons (Fsp3) is 0.385. The third kappa shape index (κ3) is 2.78. The van der Waals surface area contributed by atoms with Crippen molar-refractivity contribution in [3.05, 3.63) is 23.7 Å². The number of fused-ring (bicyclic) bond motifs is 1. The van der Waals surface area contributed by atoms with Crippen molar-refractivity contribution >= 4 is 33.3 Å². The Bertz CT molecular complexity index is 750. The first-order valence-corrected chi connectivity index (χ1v) is 8.60. The van der Waals surface area contributed by atoms with Crippen LogP contribution in [-0.2, 0) is 6.54 Å². The number of rotatable bonds is 4. The van der Waals surface area contributed by atoms with Gasteiger partial charge in [0.1, 0.15) is 16.2 Å². The highest BCUT2D eigenvalue weighted by molar-refractivity contribution is 7.99. The summed E-state index contributed by atoms with van der Waals surface area (Å²) in [6.45, 7) is 3.23. The molecule has 4 rings (SSSR count). The summed E-state index contributed by atoms with van der Waals surface area (Å²) in [6.07, 6.45) is 4.16. The molecule has 0 atom stereocenters. The number of likely N-dealkylation sites (tertiary alicyclic amines) is 1. The molecule has 8 heteroatoms. The van der Waals surface area contributed by atoms with Gasteiger partial charge in [0.15, 0.2) is 6.54 Å². The van der Waals surface area contributed by atoms with E-state index in [4.69, 9.17) is 4.42 Å². The van der Waals surface area contributed by atoms with Crippen LogP contribution in [0.15, 0.2) is 32.4 Å². The first-order chi connectivity index (χ1) is 10.4. The van der Waals surface area contributed by atoms with E-state index >= 15 is 0 Å². The summed E-state index contributed by atoms with van der Waals surface area (Å²) in [5.74, 6) is 0.713. The lowest BCUT2D eigenvalue weighted by atomic mass is 10.4. The molecule has 1 aliphatic rings. The van der Waals surface area contributed by atoms with Gasteiger partial charge in [-0.3, -0.25) is 0 Å². The molecule has 1 fully saturated rings. The van der Waals surface area contributed by atoms with Gasteiger partial charge in [-0.1, -0.05) is 0 Å². The van der Waals surface area contributed by atoms with Gasteiger partial charge >= 0.3 is 0 Å². The summed E-state index contributed by atoms with van der Waals surface area (Å²) in [4.78, 5) is 11.1. The first-order valence-electron chi connectivity index (χ1n) is 6.90. The zero-order valence-corrected chi connectivity index (χ0v) is 12.9. The molecule has 0 amide bonds. The van der Waals surface area contributed by atoms with E-state index in [-0.39, 0.29) is 0 Å². The van der Waals surface area contributed by atoms with Gasteiger partial charge in [0, 0.05) is 18.2 Å². The van der Waals surface area contributed by atoms with E-state index < -0.39 is 0 Å². The van der Waals surface area contributed by atoms with E-state index in [1.165, 1.54) is 42.6 Å². The Hall–Kier alpha value is -1.51. The number of hydrogen-bond acceptors (Lipinski definition) is 7. The topological polar surface area (TPSA) is 69.1 Å². The van der Waals surface area contributed by atoms with Crippen LogP contribution in [-0.4, -0.2) is 33.3 Å². The largest absolute Gasteiger partial charge is 0.410 e. The van der Waals surface area contributed by atoms with Crippen LogP contribution >= 0.6 is 23.1 Å². The van der Waals surface area contributed by atoms with Crippen LogP contribution in [0.1, 0.15) is 18.7 Å². The Kier molecular flexibility index (Phi) is 3.58. The minimum Gasteiger partial charge on any atom is -0.410 e. The normalized spacial score (nSPS) is 16.0. The summed E-state index contributed by atoms with van der Waals surface area (Å²) in [5, 5.41) is 12.7. The van der Waals surface area contributed by atoms with Crippen molar-refractivity contribution in [2.75, 3.05) is 13.1 Å². The van der Waals surface area contributed by atoms with Crippen molar-refractivity contribution in [2.45, 2.75) is 29.6 Å². The Morgan fingerprint density at radius 3 is 3.05 bits per heavy atom. The van der Waals surface area contributed by atoms with Gasteiger partial charge in [-0.2, -0.15) is 0 Å². The number of nitrogens with one attached hydrogen (secondary N) is 1. The van der Waals surface area contributed by atoms with Gasteiger partial charge in [-0.25, -0.2) is 9.97 Å². The van der Waals surface area contributed by atoms with Gasteiger partial charge in [0.2, 0.25) is 0 Å². The van der Waals surface area contributed by atoms with Crippen LogP contribution in [0.25, 0.3) is 10.2 Å². The fourth-order valence-corrected chi connectivity index (χ4v) is 4.10. The first kappa shape index (κ1) is 13.2. The number of nitrogens with zero attached hydrogens (tertiary/aromatic N) is 4. The minimum absolute atomic E-state index is 0.551. The van der Waals surface area contributed by atoms with Crippen LogP contribution in [0.2, 0.25) is 0 Å². The van der Waals surface area contributed by atoms with Crippen LogP contribution in [0, 0.1) is 0 Å². The van der Waals surface area contributed by atoms with Crippen molar-refractivity contribution in [1.82, 2.24) is 20.2 Å². The summed E-state index contributed by atoms with van der Waals surface area (Å²) >= 11 is 3.01. The maximum atomic E-state index is 5.74. The lowest BCUT2D eigenvalue weighted by Gasteiger charge is -2.07. The van der Waals surface area contributed by atoms with Crippen LogP contribution in [0.5, 0.6) is 0 Å². The highest BCUT2D eigenvalue weighted by Gasteiger charge is 2.19. The van der Waals surface area contributed by atoms with E-state index in [1.807, 2.05) is 11.4 Å². The zero-order chi connectivity index (χ0) is 14.1. The molecule has 1 aliphatic heterocycles. The van der Waals surface area contributed by atoms with Gasteiger partial charge in [-0.15, -0.1) is 21.5 Å². The molecule has 0 bridgehead atoms. The molecule has 1 saturated heterocycles. The van der Waals surface area contributed by atoms with Crippen molar-refractivity contribution in [1.29, 1.82) is 0 Å². The number of quaternary nitrogens is 1. The van der Waals surface area contributed by atoms with Crippen LogP contribution < -0.4 is 4.90 Å². The van der Waals surface area contributed by atoms with Gasteiger partial charge in [-0.05, 0) is 23.2 Å². The summed E-state index contributed by atoms with van der Waals surface area (Å²) in [7, 11) is 0. The van der Waals surface area contributed by atoms with E-state index in [0.29, 0.717) is 11.1 Å². The lowest BCUT2D eigenvalue weighted by Crippen LogP contribution is -3.08. The quantitative estimate of drug-likeness (QED) is 0.733. The number of aromatic nitrogens is 4. The Balaban J connectivity index is 1.52. The molecule has 0 aromatic carbocycles. The van der Waals surface area contributed by atoms with Gasteiger partial charge in [0.25, 0.3) is 11.1 Å². The average molecular weight is 320 g/mol. The van der Waals surface area contributed by atoms with Crippen molar-refractivity contribution in [3.8, 4) is 0 Å². The molecule has 21 heavy (non-hydrogen) atoms. The molecule has 0 spiro atoms. The summed E-state index contributed by atoms with van der Waals surface area (Å²) < 4.78 is 5.74. The van der Waals surface area contributed by atoms with E-state index in [9.17, 15) is 0 Å². The van der Waals surface area contributed by atoms with Crippen molar-refractivity contribution in [3.63, 3.8) is 0 Å². The molecule has 0 saturated carbocycles. The molecular weight excluding hydrogens is 306 g/mol.